The Bertz CT molecular complexity index is 470. The lowest BCUT2D eigenvalue weighted by molar-refractivity contribution is -0.0120. The van der Waals surface area contributed by atoms with Gasteiger partial charge in [0.05, 0.1) is 0 Å². The summed E-state index contributed by atoms with van der Waals surface area (Å²) in [6, 6.07) is 11.7. The molecular weight excluding hydrogens is 244 g/mol. The molecule has 0 radical (unpaired) electrons. The van der Waals surface area contributed by atoms with Gasteiger partial charge in [0.1, 0.15) is 0 Å². The van der Waals surface area contributed by atoms with Gasteiger partial charge in [-0.3, -0.25) is 4.90 Å². The first-order chi connectivity index (χ1) is 9.83. The third-order valence-corrected chi connectivity index (χ3v) is 5.77. The van der Waals surface area contributed by atoms with Gasteiger partial charge in [0.2, 0.25) is 0 Å². The maximum absolute atomic E-state index is 6.28. The van der Waals surface area contributed by atoms with Crippen molar-refractivity contribution in [1.82, 2.24) is 4.90 Å². The van der Waals surface area contributed by atoms with Crippen LogP contribution in [0, 0.1) is 0 Å². The standard InChI is InChI=1S/C18H26N2/c19-14-11-15-7-4-8-16(12-14)20(15)18-10-3-6-13-5-1-2-9-17(13)18/h1-2,5,9,14-16,18H,3-4,6-8,10-12,19H2. The van der Waals surface area contributed by atoms with Crippen molar-refractivity contribution in [3.63, 3.8) is 0 Å². The van der Waals surface area contributed by atoms with Crippen molar-refractivity contribution in [3.05, 3.63) is 35.4 Å². The van der Waals surface area contributed by atoms with Gasteiger partial charge in [0, 0.05) is 24.2 Å². The summed E-state index contributed by atoms with van der Waals surface area (Å²) in [5.41, 5.74) is 9.50. The molecule has 1 aliphatic carbocycles. The van der Waals surface area contributed by atoms with Crippen molar-refractivity contribution in [1.29, 1.82) is 0 Å². The fraction of sp³-hybridized carbons (Fsp3) is 0.667. The second-order valence-electron chi connectivity index (χ2n) is 7.02. The Morgan fingerprint density at radius 3 is 2.50 bits per heavy atom. The number of aryl methyl sites for hydroxylation is 1. The lowest BCUT2D eigenvalue weighted by Gasteiger charge is -2.53. The van der Waals surface area contributed by atoms with Crippen LogP contribution in [0.1, 0.15) is 62.1 Å². The van der Waals surface area contributed by atoms with Crippen LogP contribution in [0.5, 0.6) is 0 Å². The predicted octanol–water partition coefficient (Wildman–Crippen LogP) is 3.41. The molecule has 2 aliphatic heterocycles. The molecule has 0 saturated carbocycles. The Hall–Kier alpha value is -0.860. The van der Waals surface area contributed by atoms with E-state index < -0.39 is 0 Å². The fourth-order valence-electron chi connectivity index (χ4n) is 5.01. The molecule has 3 unspecified atom stereocenters. The molecule has 20 heavy (non-hydrogen) atoms. The first kappa shape index (κ1) is 12.8. The highest BCUT2D eigenvalue weighted by Crippen LogP contribution is 2.43. The van der Waals surface area contributed by atoms with Gasteiger partial charge in [-0.05, 0) is 56.1 Å². The van der Waals surface area contributed by atoms with Crippen LogP contribution in [0.3, 0.4) is 0 Å². The van der Waals surface area contributed by atoms with Crippen molar-refractivity contribution >= 4 is 0 Å². The number of hydrogen-bond acceptors (Lipinski definition) is 2. The lowest BCUT2D eigenvalue weighted by Crippen LogP contribution is -2.56. The molecule has 0 amide bonds. The molecule has 2 fully saturated rings. The highest BCUT2D eigenvalue weighted by Gasteiger charge is 2.41. The van der Waals surface area contributed by atoms with Crippen LogP contribution >= 0.6 is 0 Å². The summed E-state index contributed by atoms with van der Waals surface area (Å²) in [7, 11) is 0. The van der Waals surface area contributed by atoms with E-state index in [1.54, 1.807) is 11.1 Å². The van der Waals surface area contributed by atoms with Crippen LogP contribution in [-0.2, 0) is 6.42 Å². The Kier molecular flexibility index (Phi) is 3.31. The fourth-order valence-corrected chi connectivity index (χ4v) is 5.01. The summed E-state index contributed by atoms with van der Waals surface area (Å²) in [5, 5.41) is 0. The zero-order chi connectivity index (χ0) is 13.5. The van der Waals surface area contributed by atoms with E-state index in [0.717, 1.165) is 12.1 Å². The van der Waals surface area contributed by atoms with Crippen LogP contribution in [0.2, 0.25) is 0 Å². The molecule has 2 saturated heterocycles. The molecule has 1 aromatic carbocycles. The molecule has 3 atom stereocenters. The number of piperidine rings is 2. The third-order valence-electron chi connectivity index (χ3n) is 5.77. The molecule has 2 heterocycles. The molecule has 3 aliphatic rings. The first-order valence-corrected chi connectivity index (χ1v) is 8.44. The highest BCUT2D eigenvalue weighted by molar-refractivity contribution is 5.32. The van der Waals surface area contributed by atoms with Crippen molar-refractivity contribution in [2.24, 2.45) is 5.73 Å². The van der Waals surface area contributed by atoms with E-state index in [0.29, 0.717) is 12.1 Å². The van der Waals surface area contributed by atoms with Gasteiger partial charge in [-0.15, -0.1) is 0 Å². The van der Waals surface area contributed by atoms with Gasteiger partial charge in [-0.1, -0.05) is 30.7 Å². The lowest BCUT2D eigenvalue weighted by atomic mass is 9.77. The molecule has 2 N–H and O–H groups in total. The van der Waals surface area contributed by atoms with Crippen LogP contribution in [0.4, 0.5) is 0 Å². The van der Waals surface area contributed by atoms with E-state index in [1.807, 2.05) is 0 Å². The van der Waals surface area contributed by atoms with Crippen LogP contribution in [0.25, 0.3) is 0 Å². The SMILES string of the molecule is NC1CC2CCCC(C1)N2C1CCCc2ccccc21. The molecule has 108 valence electrons. The van der Waals surface area contributed by atoms with Gasteiger partial charge in [-0.25, -0.2) is 0 Å². The van der Waals surface area contributed by atoms with Crippen molar-refractivity contribution in [2.75, 3.05) is 0 Å². The van der Waals surface area contributed by atoms with Crippen molar-refractivity contribution in [3.8, 4) is 0 Å². The minimum Gasteiger partial charge on any atom is -0.328 e. The Labute approximate surface area is 122 Å². The third kappa shape index (κ3) is 2.10. The summed E-state index contributed by atoms with van der Waals surface area (Å²) >= 11 is 0. The predicted molar refractivity (Wildman–Crippen MR) is 82.6 cm³/mol. The van der Waals surface area contributed by atoms with Crippen molar-refractivity contribution < 1.29 is 0 Å². The molecule has 0 spiro atoms. The Morgan fingerprint density at radius 2 is 1.70 bits per heavy atom. The first-order valence-electron chi connectivity index (χ1n) is 8.44. The van der Waals surface area contributed by atoms with Gasteiger partial charge in [0.25, 0.3) is 0 Å². The molecule has 2 heteroatoms. The molecule has 1 aromatic rings. The van der Waals surface area contributed by atoms with Crippen molar-refractivity contribution in [2.45, 2.75) is 75.5 Å². The van der Waals surface area contributed by atoms with Crippen LogP contribution in [0.15, 0.2) is 24.3 Å². The van der Waals surface area contributed by atoms with E-state index in [9.17, 15) is 0 Å². The van der Waals surface area contributed by atoms with E-state index in [2.05, 4.69) is 29.2 Å². The number of nitrogens with zero attached hydrogens (tertiary/aromatic N) is 1. The number of nitrogens with two attached hydrogens (primary N) is 1. The minimum absolute atomic E-state index is 0.445. The number of rotatable bonds is 1. The molecule has 0 aromatic heterocycles. The van der Waals surface area contributed by atoms with Gasteiger partial charge >= 0.3 is 0 Å². The van der Waals surface area contributed by atoms with E-state index in [1.165, 1.54) is 51.4 Å². The average molecular weight is 270 g/mol. The minimum atomic E-state index is 0.445. The number of benzene rings is 1. The maximum Gasteiger partial charge on any atom is 0.0356 e. The van der Waals surface area contributed by atoms with Gasteiger partial charge in [0.15, 0.2) is 0 Å². The average Bonchev–Trinajstić information content (AvgIpc) is 2.46. The summed E-state index contributed by atoms with van der Waals surface area (Å²) in [6.07, 6.45) is 10.5. The summed E-state index contributed by atoms with van der Waals surface area (Å²) in [6.45, 7) is 0. The van der Waals surface area contributed by atoms with E-state index in [-0.39, 0.29) is 0 Å². The second-order valence-corrected chi connectivity index (χ2v) is 7.02. The van der Waals surface area contributed by atoms with E-state index in [4.69, 9.17) is 5.73 Å². The Balaban J connectivity index is 1.68. The second kappa shape index (κ2) is 5.16. The topological polar surface area (TPSA) is 29.3 Å². The molecule has 4 rings (SSSR count). The van der Waals surface area contributed by atoms with Crippen LogP contribution in [-0.4, -0.2) is 23.0 Å². The molecule has 2 nitrogen and oxygen atoms in total. The van der Waals surface area contributed by atoms with Gasteiger partial charge in [-0.2, -0.15) is 0 Å². The summed E-state index contributed by atoms with van der Waals surface area (Å²) in [5.74, 6) is 0. The summed E-state index contributed by atoms with van der Waals surface area (Å²) in [4.78, 5) is 2.88. The zero-order valence-electron chi connectivity index (χ0n) is 12.3. The van der Waals surface area contributed by atoms with E-state index >= 15 is 0 Å². The zero-order valence-corrected chi connectivity index (χ0v) is 12.3. The molecule has 2 bridgehead atoms. The number of hydrogen-bond donors (Lipinski definition) is 1. The Morgan fingerprint density at radius 1 is 0.950 bits per heavy atom. The maximum atomic E-state index is 6.28. The largest absolute Gasteiger partial charge is 0.328 e. The monoisotopic (exact) mass is 270 g/mol. The number of fused-ring (bicyclic) bond motifs is 3. The smallest absolute Gasteiger partial charge is 0.0356 e. The molecular formula is C18H26N2. The van der Waals surface area contributed by atoms with Gasteiger partial charge < -0.3 is 5.73 Å². The summed E-state index contributed by atoms with van der Waals surface area (Å²) < 4.78 is 0. The highest BCUT2D eigenvalue weighted by atomic mass is 15.2. The quantitative estimate of drug-likeness (QED) is 0.847. The normalized spacial score (nSPS) is 37.5. The van der Waals surface area contributed by atoms with Crippen LogP contribution < -0.4 is 5.73 Å².